The summed E-state index contributed by atoms with van der Waals surface area (Å²) in [6, 6.07) is 11.1. The molecule has 7 heteroatoms. The second kappa shape index (κ2) is 6.77. The highest BCUT2D eigenvalue weighted by molar-refractivity contribution is 5.76. The van der Waals surface area contributed by atoms with Crippen LogP contribution in [0.2, 0.25) is 0 Å². The predicted molar refractivity (Wildman–Crippen MR) is 116 cm³/mol. The Morgan fingerprint density at radius 3 is 2.61 bits per heavy atom. The van der Waals surface area contributed by atoms with Crippen molar-refractivity contribution < 1.29 is 13.9 Å². The van der Waals surface area contributed by atoms with Crippen LogP contribution in [0.15, 0.2) is 53.8 Å². The van der Waals surface area contributed by atoms with Crippen LogP contribution in [0.3, 0.4) is 0 Å². The van der Waals surface area contributed by atoms with Gasteiger partial charge in [-0.2, -0.15) is 4.39 Å². The van der Waals surface area contributed by atoms with Crippen LogP contribution in [0, 0.1) is 5.95 Å². The van der Waals surface area contributed by atoms with Crippen molar-refractivity contribution in [3.05, 3.63) is 71.6 Å². The largest absolute Gasteiger partial charge is 0.465 e. The molecule has 2 aliphatic rings. The fraction of sp³-hybridized carbons (Fsp3) is 0.292. The molecule has 5 rings (SSSR count). The van der Waals surface area contributed by atoms with E-state index < -0.39 is 11.5 Å². The van der Waals surface area contributed by atoms with Crippen LogP contribution in [-0.2, 0) is 15.7 Å². The van der Waals surface area contributed by atoms with Gasteiger partial charge in [0.05, 0.1) is 12.8 Å². The molecule has 2 N–H and O–H groups in total. The van der Waals surface area contributed by atoms with E-state index in [-0.39, 0.29) is 11.4 Å². The number of halogens is 1. The number of aliphatic imine (C=N–C) groups is 1. The average molecular weight is 418 g/mol. The van der Waals surface area contributed by atoms with Crippen LogP contribution in [0.5, 0.6) is 11.5 Å². The molecule has 2 aromatic heterocycles. The fourth-order valence-corrected chi connectivity index (χ4v) is 4.20. The number of fused-ring (bicyclic) bond motifs is 4. The van der Waals surface area contributed by atoms with Crippen molar-refractivity contribution >= 4 is 6.02 Å². The fourth-order valence-electron chi connectivity index (χ4n) is 4.20. The van der Waals surface area contributed by atoms with E-state index in [9.17, 15) is 4.39 Å². The third kappa shape index (κ3) is 3.12. The van der Waals surface area contributed by atoms with Gasteiger partial charge in [0.2, 0.25) is 5.95 Å². The highest BCUT2D eigenvalue weighted by Gasteiger charge is 2.45. The lowest BCUT2D eigenvalue weighted by Crippen LogP contribution is -2.39. The van der Waals surface area contributed by atoms with Crippen LogP contribution in [0.4, 0.5) is 4.39 Å². The maximum Gasteiger partial charge on any atom is 0.283 e. The number of hydrogen-bond donors (Lipinski definition) is 1. The maximum atomic E-state index is 14.4. The summed E-state index contributed by atoms with van der Waals surface area (Å²) in [6.07, 6.45) is 3.75. The third-order valence-corrected chi connectivity index (χ3v) is 5.81. The predicted octanol–water partition coefficient (Wildman–Crippen LogP) is 4.66. The van der Waals surface area contributed by atoms with Gasteiger partial charge in [-0.05, 0) is 35.9 Å². The smallest absolute Gasteiger partial charge is 0.283 e. The van der Waals surface area contributed by atoms with Crippen molar-refractivity contribution in [2.75, 3.05) is 6.61 Å². The summed E-state index contributed by atoms with van der Waals surface area (Å²) in [5.74, 6) is 0.756. The highest BCUT2D eigenvalue weighted by atomic mass is 19.1. The molecular formula is C24H23FN4O2. The van der Waals surface area contributed by atoms with Gasteiger partial charge in [-0.3, -0.25) is 4.98 Å². The number of pyridine rings is 2. The number of rotatable bonds is 1. The van der Waals surface area contributed by atoms with E-state index in [4.69, 9.17) is 20.2 Å². The standard InChI is InChI=1S/C24H23FN4O2/c1-23(2,3)20-12-17-19(13-28-20)31-18-7-6-14(15-5-4-9-27-21(15)25)11-16(18)24(17)8-10-30-22(26)29-24/h4-7,9,11-13H,8,10H2,1-3H3,(H2,26,29)/t24-/m0/s1. The summed E-state index contributed by atoms with van der Waals surface area (Å²) in [5.41, 5.74) is 8.83. The number of amidine groups is 1. The Morgan fingerprint density at radius 1 is 1.06 bits per heavy atom. The maximum absolute atomic E-state index is 14.4. The van der Waals surface area contributed by atoms with Crippen molar-refractivity contribution in [1.82, 2.24) is 9.97 Å². The summed E-state index contributed by atoms with van der Waals surface area (Å²) in [6.45, 7) is 6.73. The summed E-state index contributed by atoms with van der Waals surface area (Å²) in [7, 11) is 0. The second-order valence-electron chi connectivity index (χ2n) is 8.88. The van der Waals surface area contributed by atoms with Crippen molar-refractivity contribution in [1.29, 1.82) is 0 Å². The van der Waals surface area contributed by atoms with E-state index in [1.807, 2.05) is 24.3 Å². The molecule has 0 aliphatic carbocycles. The lowest BCUT2D eigenvalue weighted by atomic mass is 9.76. The Balaban J connectivity index is 1.77. The van der Waals surface area contributed by atoms with E-state index in [1.165, 1.54) is 6.20 Å². The quantitative estimate of drug-likeness (QED) is 0.581. The minimum absolute atomic E-state index is 0.122. The first-order valence-electron chi connectivity index (χ1n) is 10.2. The van der Waals surface area contributed by atoms with Gasteiger partial charge in [-0.1, -0.05) is 26.8 Å². The summed E-state index contributed by atoms with van der Waals surface area (Å²) >= 11 is 0. The van der Waals surface area contributed by atoms with Crippen molar-refractivity contribution in [2.24, 2.45) is 10.7 Å². The first-order chi connectivity index (χ1) is 14.8. The van der Waals surface area contributed by atoms with Gasteiger partial charge in [-0.15, -0.1) is 0 Å². The number of benzene rings is 1. The minimum Gasteiger partial charge on any atom is -0.465 e. The molecular weight excluding hydrogens is 395 g/mol. The van der Waals surface area contributed by atoms with Crippen LogP contribution in [0.25, 0.3) is 11.1 Å². The van der Waals surface area contributed by atoms with Gasteiger partial charge in [0, 0.05) is 40.4 Å². The van der Waals surface area contributed by atoms with Crippen molar-refractivity contribution in [3.8, 4) is 22.6 Å². The summed E-state index contributed by atoms with van der Waals surface area (Å²) in [4.78, 5) is 13.2. The van der Waals surface area contributed by atoms with Crippen LogP contribution in [-0.4, -0.2) is 22.6 Å². The number of ether oxygens (including phenoxy) is 2. The van der Waals surface area contributed by atoms with Gasteiger partial charge < -0.3 is 15.2 Å². The zero-order valence-electron chi connectivity index (χ0n) is 17.6. The Bertz CT molecular complexity index is 1220. The molecule has 4 heterocycles. The highest BCUT2D eigenvalue weighted by Crippen LogP contribution is 2.53. The zero-order chi connectivity index (χ0) is 21.8. The lowest BCUT2D eigenvalue weighted by Gasteiger charge is -2.40. The SMILES string of the molecule is CC(C)(C)c1cc2c(cn1)Oc1ccc(-c3cccnc3F)cc1[C@@]21CCOC(N)=N1. The Labute approximate surface area is 180 Å². The Morgan fingerprint density at radius 2 is 1.87 bits per heavy atom. The van der Waals surface area contributed by atoms with Gasteiger partial charge >= 0.3 is 0 Å². The second-order valence-corrected chi connectivity index (χ2v) is 8.88. The molecule has 0 saturated heterocycles. The monoisotopic (exact) mass is 418 g/mol. The van der Waals surface area contributed by atoms with Crippen LogP contribution >= 0.6 is 0 Å². The molecule has 0 radical (unpaired) electrons. The van der Waals surface area contributed by atoms with E-state index in [2.05, 4.69) is 30.7 Å². The molecule has 0 fully saturated rings. The zero-order valence-corrected chi connectivity index (χ0v) is 17.6. The first kappa shape index (κ1) is 19.5. The number of nitrogens with two attached hydrogens (primary N) is 1. The molecule has 6 nitrogen and oxygen atoms in total. The molecule has 0 saturated carbocycles. The molecule has 31 heavy (non-hydrogen) atoms. The van der Waals surface area contributed by atoms with Crippen LogP contribution in [0.1, 0.15) is 44.0 Å². The van der Waals surface area contributed by atoms with E-state index >= 15 is 0 Å². The molecule has 158 valence electrons. The summed E-state index contributed by atoms with van der Waals surface area (Å²) < 4.78 is 26.1. The minimum atomic E-state index is -0.803. The Kier molecular flexibility index (Phi) is 4.25. The van der Waals surface area contributed by atoms with Crippen molar-refractivity contribution in [2.45, 2.75) is 38.1 Å². The molecule has 0 unspecified atom stereocenters. The topological polar surface area (TPSA) is 82.6 Å². The molecule has 3 aromatic rings. The van der Waals surface area contributed by atoms with Gasteiger partial charge in [0.25, 0.3) is 6.02 Å². The first-order valence-corrected chi connectivity index (χ1v) is 10.2. The summed E-state index contributed by atoms with van der Waals surface area (Å²) in [5, 5.41) is 0. The van der Waals surface area contributed by atoms with Gasteiger partial charge in [0.1, 0.15) is 11.3 Å². The van der Waals surface area contributed by atoms with Crippen LogP contribution < -0.4 is 10.5 Å². The lowest BCUT2D eigenvalue weighted by molar-refractivity contribution is 0.219. The van der Waals surface area contributed by atoms with Gasteiger partial charge in [0.15, 0.2) is 5.75 Å². The molecule has 1 aromatic carbocycles. The number of aromatic nitrogens is 2. The molecule has 0 bridgehead atoms. The van der Waals surface area contributed by atoms with Gasteiger partial charge in [-0.25, -0.2) is 9.98 Å². The van der Waals surface area contributed by atoms with E-state index in [0.29, 0.717) is 35.7 Å². The average Bonchev–Trinajstić information content (AvgIpc) is 2.73. The number of hydrogen-bond acceptors (Lipinski definition) is 6. The molecule has 1 spiro atoms. The van der Waals surface area contributed by atoms with E-state index in [0.717, 1.165) is 16.8 Å². The Hall–Kier alpha value is -3.48. The van der Waals surface area contributed by atoms with Crippen molar-refractivity contribution in [3.63, 3.8) is 0 Å². The van der Waals surface area contributed by atoms with E-state index in [1.54, 1.807) is 18.3 Å². The molecule has 0 amide bonds. The normalized spacial score (nSPS) is 19.7. The molecule has 2 aliphatic heterocycles. The number of nitrogens with zero attached hydrogens (tertiary/aromatic N) is 3. The third-order valence-electron chi connectivity index (χ3n) is 5.81. The molecule has 1 atom stereocenters.